The van der Waals surface area contributed by atoms with Crippen LogP contribution < -0.4 is 0 Å². The summed E-state index contributed by atoms with van der Waals surface area (Å²) in [4.78, 5) is 0. The fraction of sp³-hybridized carbons (Fsp3) is 1.00. The van der Waals surface area contributed by atoms with Crippen LogP contribution in [0, 0.1) is 11.3 Å². The summed E-state index contributed by atoms with van der Waals surface area (Å²) in [6.07, 6.45) is 6.40. The molecule has 0 aromatic carbocycles. The van der Waals surface area contributed by atoms with Crippen molar-refractivity contribution in [3.63, 3.8) is 0 Å². The number of rotatable bonds is 1. The van der Waals surface area contributed by atoms with Gasteiger partial charge in [-0.15, -0.1) is 0 Å². The van der Waals surface area contributed by atoms with Gasteiger partial charge in [-0.25, -0.2) is 0 Å². The molecule has 0 aliphatic carbocycles. The van der Waals surface area contributed by atoms with Crippen molar-refractivity contribution >= 4 is 0 Å². The van der Waals surface area contributed by atoms with Crippen LogP contribution in [0.25, 0.3) is 0 Å². The van der Waals surface area contributed by atoms with Crippen molar-refractivity contribution in [3.05, 3.63) is 0 Å². The topological polar surface area (TPSA) is 24.7 Å². The summed E-state index contributed by atoms with van der Waals surface area (Å²) in [5.74, 6) is 0.791. The van der Waals surface area contributed by atoms with E-state index in [2.05, 4.69) is 31.0 Å². The molecule has 0 N–H and O–H groups in total. The average Bonchev–Trinajstić information content (AvgIpc) is 2.16. The molecule has 0 aromatic heterocycles. The van der Waals surface area contributed by atoms with Crippen LogP contribution >= 0.6 is 0 Å². The molecule has 0 fully saturated rings. The van der Waals surface area contributed by atoms with Crippen LogP contribution in [0.15, 0.2) is 10.2 Å². The smallest absolute Gasteiger partial charge is 0.0599 e. The molecule has 0 bridgehead atoms. The van der Waals surface area contributed by atoms with E-state index in [0.717, 1.165) is 19.0 Å². The second kappa shape index (κ2) is 5.47. The Hall–Kier alpha value is -0.400. The van der Waals surface area contributed by atoms with Crippen LogP contribution in [0.2, 0.25) is 0 Å². The lowest BCUT2D eigenvalue weighted by atomic mass is 9.72. The minimum Gasteiger partial charge on any atom is -0.194 e. The highest BCUT2D eigenvalue weighted by Gasteiger charge is 2.27. The van der Waals surface area contributed by atoms with Crippen molar-refractivity contribution < 1.29 is 0 Å². The molecule has 1 rings (SSSR count). The molecule has 0 aromatic rings. The van der Waals surface area contributed by atoms with Gasteiger partial charge in [-0.2, -0.15) is 10.2 Å². The summed E-state index contributed by atoms with van der Waals surface area (Å²) in [7, 11) is 0. The lowest BCUT2D eigenvalue weighted by Gasteiger charge is -2.34. The summed E-state index contributed by atoms with van der Waals surface area (Å²) in [5.41, 5.74) is 0.535. The molecule has 1 atom stereocenters. The minimum atomic E-state index is 0.535. The third-order valence-corrected chi connectivity index (χ3v) is 3.76. The highest BCUT2D eigenvalue weighted by Crippen LogP contribution is 2.37. The van der Waals surface area contributed by atoms with Gasteiger partial charge in [-0.05, 0) is 37.0 Å². The SMILES string of the molecule is CC(C)C1(C)CCCCN=NCCC1. The molecule has 0 radical (unpaired) electrons. The predicted octanol–water partition coefficient (Wildman–Crippen LogP) is 4.07. The van der Waals surface area contributed by atoms with Gasteiger partial charge in [-0.1, -0.05) is 27.2 Å². The molecule has 2 nitrogen and oxygen atoms in total. The Bertz CT molecular complexity index is 187. The van der Waals surface area contributed by atoms with E-state index >= 15 is 0 Å². The molecule has 2 heteroatoms. The van der Waals surface area contributed by atoms with Crippen molar-refractivity contribution in [1.29, 1.82) is 0 Å². The molecule has 1 heterocycles. The van der Waals surface area contributed by atoms with Crippen molar-refractivity contribution in [2.75, 3.05) is 13.1 Å². The fourth-order valence-corrected chi connectivity index (χ4v) is 2.11. The zero-order valence-corrected chi connectivity index (χ0v) is 9.92. The summed E-state index contributed by atoms with van der Waals surface area (Å²) >= 11 is 0. The van der Waals surface area contributed by atoms with Crippen LogP contribution in [0.4, 0.5) is 0 Å². The Balaban J connectivity index is 2.53. The van der Waals surface area contributed by atoms with Gasteiger partial charge in [0.1, 0.15) is 0 Å². The molecular formula is C12H24N2. The van der Waals surface area contributed by atoms with E-state index in [-0.39, 0.29) is 0 Å². The van der Waals surface area contributed by atoms with Gasteiger partial charge in [0, 0.05) is 0 Å². The first-order chi connectivity index (χ1) is 6.65. The quantitative estimate of drug-likeness (QED) is 0.604. The second-order valence-electron chi connectivity index (χ2n) is 5.10. The van der Waals surface area contributed by atoms with Gasteiger partial charge in [0.2, 0.25) is 0 Å². The van der Waals surface area contributed by atoms with Gasteiger partial charge >= 0.3 is 0 Å². The van der Waals surface area contributed by atoms with E-state index in [4.69, 9.17) is 0 Å². The predicted molar refractivity (Wildman–Crippen MR) is 60.6 cm³/mol. The van der Waals surface area contributed by atoms with E-state index in [1.54, 1.807) is 0 Å². The molecule has 82 valence electrons. The second-order valence-corrected chi connectivity index (χ2v) is 5.10. The van der Waals surface area contributed by atoms with Crippen LogP contribution in [0.3, 0.4) is 0 Å². The van der Waals surface area contributed by atoms with E-state index in [1.807, 2.05) is 0 Å². The van der Waals surface area contributed by atoms with E-state index in [0.29, 0.717) is 5.41 Å². The van der Waals surface area contributed by atoms with Crippen molar-refractivity contribution in [3.8, 4) is 0 Å². The van der Waals surface area contributed by atoms with Crippen LogP contribution in [-0.2, 0) is 0 Å². The minimum absolute atomic E-state index is 0.535. The molecule has 14 heavy (non-hydrogen) atoms. The summed E-state index contributed by atoms with van der Waals surface area (Å²) in [5, 5.41) is 8.33. The van der Waals surface area contributed by atoms with Crippen LogP contribution in [0.1, 0.15) is 52.9 Å². The summed E-state index contributed by atoms with van der Waals surface area (Å²) in [6.45, 7) is 9.02. The molecule has 0 saturated heterocycles. The standard InChI is InChI=1S/C12H24N2/c1-11(2)12(3)7-4-5-9-13-14-10-6-8-12/h11H,4-10H2,1-3H3. The van der Waals surface area contributed by atoms with Crippen LogP contribution in [0.5, 0.6) is 0 Å². The van der Waals surface area contributed by atoms with Gasteiger partial charge in [0.15, 0.2) is 0 Å². The maximum Gasteiger partial charge on any atom is 0.0599 e. The molecule has 0 amide bonds. The van der Waals surface area contributed by atoms with Gasteiger partial charge in [0.05, 0.1) is 13.1 Å². The number of nitrogens with zero attached hydrogens (tertiary/aromatic N) is 2. The number of hydrogen-bond donors (Lipinski definition) is 0. The van der Waals surface area contributed by atoms with E-state index in [1.165, 1.54) is 32.1 Å². The molecule has 1 unspecified atom stereocenters. The normalized spacial score (nSPS) is 30.6. The third kappa shape index (κ3) is 3.39. The average molecular weight is 196 g/mol. The summed E-state index contributed by atoms with van der Waals surface area (Å²) in [6, 6.07) is 0. The van der Waals surface area contributed by atoms with E-state index in [9.17, 15) is 0 Å². The summed E-state index contributed by atoms with van der Waals surface area (Å²) < 4.78 is 0. The largest absolute Gasteiger partial charge is 0.194 e. The zero-order valence-electron chi connectivity index (χ0n) is 9.92. The first-order valence-corrected chi connectivity index (χ1v) is 5.98. The number of hydrogen-bond acceptors (Lipinski definition) is 2. The highest BCUT2D eigenvalue weighted by atomic mass is 15.1. The Kier molecular flexibility index (Phi) is 4.56. The Morgan fingerprint density at radius 2 is 1.50 bits per heavy atom. The van der Waals surface area contributed by atoms with Crippen molar-refractivity contribution in [1.82, 2.24) is 0 Å². The lowest BCUT2D eigenvalue weighted by molar-refractivity contribution is 0.171. The van der Waals surface area contributed by atoms with Gasteiger partial charge < -0.3 is 0 Å². The Labute approximate surface area is 88.2 Å². The molecule has 0 spiro atoms. The lowest BCUT2D eigenvalue weighted by Crippen LogP contribution is -2.24. The monoisotopic (exact) mass is 196 g/mol. The molecule has 1 aliphatic rings. The van der Waals surface area contributed by atoms with E-state index < -0.39 is 0 Å². The first kappa shape index (κ1) is 11.7. The fourth-order valence-electron chi connectivity index (χ4n) is 2.11. The first-order valence-electron chi connectivity index (χ1n) is 5.98. The van der Waals surface area contributed by atoms with Gasteiger partial charge in [0.25, 0.3) is 0 Å². The molecule has 1 aliphatic heterocycles. The van der Waals surface area contributed by atoms with Crippen molar-refractivity contribution in [2.24, 2.45) is 21.6 Å². The Morgan fingerprint density at radius 3 is 2.14 bits per heavy atom. The maximum absolute atomic E-state index is 4.18. The van der Waals surface area contributed by atoms with Crippen molar-refractivity contribution in [2.45, 2.75) is 52.9 Å². The van der Waals surface area contributed by atoms with Crippen LogP contribution in [-0.4, -0.2) is 13.1 Å². The third-order valence-electron chi connectivity index (χ3n) is 3.76. The Morgan fingerprint density at radius 1 is 0.929 bits per heavy atom. The number of azo groups is 1. The maximum atomic E-state index is 4.18. The highest BCUT2D eigenvalue weighted by molar-refractivity contribution is 4.78. The molecular weight excluding hydrogens is 172 g/mol. The van der Waals surface area contributed by atoms with Gasteiger partial charge in [-0.3, -0.25) is 0 Å². The zero-order chi connectivity index (χ0) is 10.4. The molecule has 0 saturated carbocycles.